The summed E-state index contributed by atoms with van der Waals surface area (Å²) in [4.78, 5) is 0. The Labute approximate surface area is 88.1 Å². The fourth-order valence-corrected chi connectivity index (χ4v) is 2.39. The maximum Gasteiger partial charge on any atom is 0.0662 e. The van der Waals surface area contributed by atoms with Crippen LogP contribution in [0.2, 0.25) is 0 Å². The van der Waals surface area contributed by atoms with Crippen LogP contribution in [-0.4, -0.2) is 23.3 Å². The Morgan fingerprint density at radius 3 is 2.36 bits per heavy atom. The highest BCUT2D eigenvalue weighted by atomic mass is 16.3. The van der Waals surface area contributed by atoms with Gasteiger partial charge in [-0.2, -0.15) is 0 Å². The van der Waals surface area contributed by atoms with Crippen molar-refractivity contribution in [3.8, 4) is 0 Å². The van der Waals surface area contributed by atoms with Crippen molar-refractivity contribution in [3.63, 3.8) is 0 Å². The summed E-state index contributed by atoms with van der Waals surface area (Å²) in [5.74, 6) is 1.63. The van der Waals surface area contributed by atoms with Gasteiger partial charge in [-0.05, 0) is 44.9 Å². The second-order valence-corrected chi connectivity index (χ2v) is 5.20. The molecule has 0 aliphatic heterocycles. The average Bonchev–Trinajstić information content (AvgIpc) is 2.09. The first-order chi connectivity index (χ1) is 6.50. The third kappa shape index (κ3) is 3.25. The summed E-state index contributed by atoms with van der Waals surface area (Å²) in [7, 11) is 0. The standard InChI is InChI=1S/C12H25NO/c1-8-5-6-12(9(2)7-8)13-10(3)11(4)14/h8-14H,5-7H2,1-4H3. The third-order valence-corrected chi connectivity index (χ3v) is 3.63. The smallest absolute Gasteiger partial charge is 0.0662 e. The first-order valence-corrected chi connectivity index (χ1v) is 5.94. The number of aliphatic hydroxyl groups excluding tert-OH is 1. The lowest BCUT2D eigenvalue weighted by atomic mass is 9.79. The predicted molar refractivity (Wildman–Crippen MR) is 60.2 cm³/mol. The van der Waals surface area contributed by atoms with Crippen LogP contribution in [0.25, 0.3) is 0 Å². The Morgan fingerprint density at radius 1 is 1.21 bits per heavy atom. The molecule has 0 amide bonds. The summed E-state index contributed by atoms with van der Waals surface area (Å²) in [6, 6.07) is 0.826. The zero-order valence-electron chi connectivity index (χ0n) is 9.96. The summed E-state index contributed by atoms with van der Waals surface area (Å²) in [5.41, 5.74) is 0. The molecule has 0 heterocycles. The Bertz CT molecular complexity index is 170. The van der Waals surface area contributed by atoms with Gasteiger partial charge < -0.3 is 10.4 Å². The van der Waals surface area contributed by atoms with Gasteiger partial charge in [-0.15, -0.1) is 0 Å². The normalized spacial score (nSPS) is 37.9. The van der Waals surface area contributed by atoms with E-state index in [1.165, 1.54) is 19.3 Å². The summed E-state index contributed by atoms with van der Waals surface area (Å²) in [5, 5.41) is 13.0. The van der Waals surface area contributed by atoms with Crippen LogP contribution in [0, 0.1) is 11.8 Å². The lowest BCUT2D eigenvalue weighted by Gasteiger charge is -2.35. The molecule has 5 atom stereocenters. The summed E-state index contributed by atoms with van der Waals surface area (Å²) < 4.78 is 0. The lowest BCUT2D eigenvalue weighted by Crippen LogP contribution is -2.47. The molecule has 84 valence electrons. The molecule has 1 aliphatic carbocycles. The molecule has 0 spiro atoms. The summed E-state index contributed by atoms with van der Waals surface area (Å²) in [6.07, 6.45) is 3.67. The molecular weight excluding hydrogens is 174 g/mol. The van der Waals surface area contributed by atoms with E-state index in [1.54, 1.807) is 0 Å². The Morgan fingerprint density at radius 2 is 1.86 bits per heavy atom. The van der Waals surface area contributed by atoms with Crippen LogP contribution in [0.1, 0.15) is 47.0 Å². The molecule has 0 bridgehead atoms. The third-order valence-electron chi connectivity index (χ3n) is 3.63. The van der Waals surface area contributed by atoms with Crippen molar-refractivity contribution in [2.24, 2.45) is 11.8 Å². The largest absolute Gasteiger partial charge is 0.392 e. The first kappa shape index (κ1) is 12.0. The Balaban J connectivity index is 2.37. The van der Waals surface area contributed by atoms with Crippen molar-refractivity contribution >= 4 is 0 Å². The van der Waals surface area contributed by atoms with E-state index in [0.717, 1.165) is 11.8 Å². The predicted octanol–water partition coefficient (Wildman–Crippen LogP) is 2.17. The molecule has 14 heavy (non-hydrogen) atoms. The van der Waals surface area contributed by atoms with E-state index in [9.17, 15) is 5.11 Å². The Hall–Kier alpha value is -0.0800. The van der Waals surface area contributed by atoms with Gasteiger partial charge in [-0.25, -0.2) is 0 Å². The van der Waals surface area contributed by atoms with Crippen LogP contribution < -0.4 is 5.32 Å². The molecule has 1 fully saturated rings. The number of hydrogen-bond donors (Lipinski definition) is 2. The van der Waals surface area contributed by atoms with Crippen LogP contribution in [-0.2, 0) is 0 Å². The average molecular weight is 199 g/mol. The molecular formula is C12H25NO. The van der Waals surface area contributed by atoms with Gasteiger partial charge in [0.15, 0.2) is 0 Å². The molecule has 2 heteroatoms. The number of nitrogens with one attached hydrogen (secondary N) is 1. The molecule has 1 rings (SSSR count). The van der Waals surface area contributed by atoms with E-state index in [2.05, 4.69) is 26.1 Å². The second kappa shape index (κ2) is 5.13. The number of rotatable bonds is 3. The zero-order valence-corrected chi connectivity index (χ0v) is 9.96. The van der Waals surface area contributed by atoms with Gasteiger partial charge in [-0.1, -0.05) is 13.8 Å². The SMILES string of the molecule is CC1CCC(NC(C)C(C)O)C(C)C1. The van der Waals surface area contributed by atoms with Gasteiger partial charge in [-0.3, -0.25) is 0 Å². The van der Waals surface area contributed by atoms with Crippen LogP contribution >= 0.6 is 0 Å². The molecule has 0 saturated heterocycles. The molecule has 0 radical (unpaired) electrons. The molecule has 1 aliphatic rings. The number of hydrogen-bond acceptors (Lipinski definition) is 2. The van der Waals surface area contributed by atoms with Crippen molar-refractivity contribution < 1.29 is 5.11 Å². The molecule has 5 unspecified atom stereocenters. The van der Waals surface area contributed by atoms with Crippen LogP contribution in [0.3, 0.4) is 0 Å². The minimum absolute atomic E-state index is 0.218. The number of aliphatic hydroxyl groups is 1. The monoisotopic (exact) mass is 199 g/mol. The molecule has 0 aromatic heterocycles. The van der Waals surface area contributed by atoms with E-state index in [-0.39, 0.29) is 12.1 Å². The van der Waals surface area contributed by atoms with Gasteiger partial charge in [0.25, 0.3) is 0 Å². The van der Waals surface area contributed by atoms with Crippen molar-refractivity contribution in [3.05, 3.63) is 0 Å². The highest BCUT2D eigenvalue weighted by molar-refractivity contribution is 4.83. The molecule has 1 saturated carbocycles. The highest BCUT2D eigenvalue weighted by Gasteiger charge is 2.26. The lowest BCUT2D eigenvalue weighted by molar-refractivity contribution is 0.125. The molecule has 2 nitrogen and oxygen atoms in total. The maximum atomic E-state index is 9.43. The van der Waals surface area contributed by atoms with Gasteiger partial charge in [0.1, 0.15) is 0 Å². The molecule has 0 aromatic rings. The fourth-order valence-electron chi connectivity index (χ4n) is 2.39. The van der Waals surface area contributed by atoms with Crippen molar-refractivity contribution in [2.45, 2.75) is 65.1 Å². The van der Waals surface area contributed by atoms with E-state index >= 15 is 0 Å². The minimum Gasteiger partial charge on any atom is -0.392 e. The van der Waals surface area contributed by atoms with Gasteiger partial charge in [0, 0.05) is 12.1 Å². The summed E-state index contributed by atoms with van der Waals surface area (Å²) >= 11 is 0. The van der Waals surface area contributed by atoms with E-state index in [1.807, 2.05) is 6.92 Å². The van der Waals surface area contributed by atoms with Crippen molar-refractivity contribution in [1.29, 1.82) is 0 Å². The van der Waals surface area contributed by atoms with E-state index in [0.29, 0.717) is 6.04 Å². The summed E-state index contributed by atoms with van der Waals surface area (Å²) in [6.45, 7) is 8.58. The quantitative estimate of drug-likeness (QED) is 0.730. The van der Waals surface area contributed by atoms with Gasteiger partial charge in [0.05, 0.1) is 6.10 Å². The van der Waals surface area contributed by atoms with Crippen LogP contribution in [0.5, 0.6) is 0 Å². The van der Waals surface area contributed by atoms with E-state index < -0.39 is 0 Å². The highest BCUT2D eigenvalue weighted by Crippen LogP contribution is 2.28. The van der Waals surface area contributed by atoms with E-state index in [4.69, 9.17) is 0 Å². The minimum atomic E-state index is -0.249. The van der Waals surface area contributed by atoms with Crippen molar-refractivity contribution in [2.75, 3.05) is 0 Å². The maximum absolute atomic E-state index is 9.43. The van der Waals surface area contributed by atoms with Gasteiger partial charge >= 0.3 is 0 Å². The zero-order chi connectivity index (χ0) is 10.7. The first-order valence-electron chi connectivity index (χ1n) is 5.94. The van der Waals surface area contributed by atoms with Crippen LogP contribution in [0.4, 0.5) is 0 Å². The second-order valence-electron chi connectivity index (χ2n) is 5.20. The van der Waals surface area contributed by atoms with Gasteiger partial charge in [0.2, 0.25) is 0 Å². The molecule has 2 N–H and O–H groups in total. The Kier molecular flexibility index (Phi) is 4.39. The fraction of sp³-hybridized carbons (Fsp3) is 1.00. The van der Waals surface area contributed by atoms with Crippen molar-refractivity contribution in [1.82, 2.24) is 5.32 Å². The topological polar surface area (TPSA) is 32.3 Å². The molecule has 0 aromatic carbocycles. The van der Waals surface area contributed by atoms with Crippen LogP contribution in [0.15, 0.2) is 0 Å².